The largest absolute Gasteiger partial charge is 0.193 e. The quantitative estimate of drug-likeness (QED) is 0.426. The number of hydrogen-bond donors (Lipinski definition) is 0. The van der Waals surface area contributed by atoms with Gasteiger partial charge in [-0.1, -0.05) is 18.2 Å². The highest BCUT2D eigenvalue weighted by atomic mass is 35.5. The second-order valence-corrected chi connectivity index (χ2v) is 4.78. The minimum absolute atomic E-state index is 0.191. The molecule has 5 atom stereocenters. The van der Waals surface area contributed by atoms with Gasteiger partial charge in [0.15, 0.2) is 0 Å². The Morgan fingerprint density at radius 3 is 3.08 bits per heavy atom. The summed E-state index contributed by atoms with van der Waals surface area (Å²) in [5.41, 5.74) is 0.932. The first-order valence-corrected chi connectivity index (χ1v) is 5.19. The molecule has 0 aliphatic heterocycles. The molecule has 0 saturated heterocycles. The molecule has 0 aromatic carbocycles. The summed E-state index contributed by atoms with van der Waals surface area (Å²) in [6.07, 6.45) is 7.70. The van der Waals surface area contributed by atoms with Crippen LogP contribution in [0.15, 0.2) is 23.8 Å². The lowest BCUT2D eigenvalue weighted by molar-refractivity contribution is 0.394. The summed E-state index contributed by atoms with van der Waals surface area (Å²) in [6, 6.07) is 2.29. The third-order valence-corrected chi connectivity index (χ3v) is 4.13. The fourth-order valence-electron chi connectivity index (χ4n) is 3.20. The Labute approximate surface area is 82.7 Å². The van der Waals surface area contributed by atoms with Crippen LogP contribution >= 0.6 is 11.6 Å². The molecule has 0 spiro atoms. The number of hydrogen-bond acceptors (Lipinski definition) is 1. The van der Waals surface area contributed by atoms with Crippen molar-refractivity contribution in [3.05, 3.63) is 23.8 Å². The highest BCUT2D eigenvalue weighted by Crippen LogP contribution is 2.56. The van der Waals surface area contributed by atoms with Gasteiger partial charge >= 0.3 is 0 Å². The third kappa shape index (κ3) is 0.823. The molecule has 1 saturated carbocycles. The average Bonchev–Trinajstić information content (AvgIpc) is 2.70. The molecule has 13 heavy (non-hydrogen) atoms. The van der Waals surface area contributed by atoms with E-state index in [-0.39, 0.29) is 5.38 Å². The molecule has 0 bridgehead atoms. The van der Waals surface area contributed by atoms with Crippen molar-refractivity contribution in [3.8, 4) is 6.07 Å². The van der Waals surface area contributed by atoms with Crippen LogP contribution in [-0.2, 0) is 0 Å². The number of halogens is 1. The van der Waals surface area contributed by atoms with Crippen molar-refractivity contribution in [2.24, 2.45) is 23.7 Å². The van der Waals surface area contributed by atoms with E-state index in [1.807, 2.05) is 0 Å². The molecule has 3 aliphatic carbocycles. The van der Waals surface area contributed by atoms with Gasteiger partial charge in [0.1, 0.15) is 0 Å². The van der Waals surface area contributed by atoms with E-state index in [1.165, 1.54) is 0 Å². The monoisotopic (exact) mass is 191 g/mol. The van der Waals surface area contributed by atoms with Crippen molar-refractivity contribution in [2.75, 3.05) is 0 Å². The lowest BCUT2D eigenvalue weighted by atomic mass is 9.88. The molecule has 66 valence electrons. The zero-order valence-electron chi connectivity index (χ0n) is 7.15. The minimum Gasteiger partial charge on any atom is -0.193 e. The molecule has 0 aromatic heterocycles. The van der Waals surface area contributed by atoms with E-state index in [0.29, 0.717) is 23.7 Å². The maximum atomic E-state index is 8.96. The molecular formula is C11H10ClN. The van der Waals surface area contributed by atoms with Crippen LogP contribution in [0.2, 0.25) is 0 Å². The maximum Gasteiger partial charge on any atom is 0.0947 e. The number of nitriles is 1. The average molecular weight is 192 g/mol. The van der Waals surface area contributed by atoms with E-state index in [2.05, 4.69) is 24.3 Å². The maximum absolute atomic E-state index is 8.96. The van der Waals surface area contributed by atoms with Crippen molar-refractivity contribution >= 4 is 11.6 Å². The van der Waals surface area contributed by atoms with E-state index in [0.717, 1.165) is 12.0 Å². The highest BCUT2D eigenvalue weighted by molar-refractivity contribution is 6.21. The molecule has 1 nitrogen and oxygen atoms in total. The van der Waals surface area contributed by atoms with Crippen molar-refractivity contribution in [1.82, 2.24) is 0 Å². The van der Waals surface area contributed by atoms with Crippen LogP contribution in [-0.4, -0.2) is 5.38 Å². The van der Waals surface area contributed by atoms with Gasteiger partial charge < -0.3 is 0 Å². The van der Waals surface area contributed by atoms with Crippen LogP contribution < -0.4 is 0 Å². The highest BCUT2D eigenvalue weighted by Gasteiger charge is 2.51. The molecule has 3 rings (SSSR count). The van der Waals surface area contributed by atoms with Crippen LogP contribution in [0.1, 0.15) is 6.42 Å². The minimum atomic E-state index is 0.191. The summed E-state index contributed by atoms with van der Waals surface area (Å²) in [5.74, 6) is 2.11. The van der Waals surface area contributed by atoms with Crippen molar-refractivity contribution in [2.45, 2.75) is 11.8 Å². The summed E-state index contributed by atoms with van der Waals surface area (Å²) in [5, 5.41) is 9.15. The summed E-state index contributed by atoms with van der Waals surface area (Å²) >= 11 is 6.25. The Morgan fingerprint density at radius 2 is 2.31 bits per heavy atom. The van der Waals surface area contributed by atoms with Crippen LogP contribution in [0.25, 0.3) is 0 Å². The first-order chi connectivity index (χ1) is 6.31. The molecular weight excluding hydrogens is 182 g/mol. The van der Waals surface area contributed by atoms with Gasteiger partial charge in [0, 0.05) is 22.8 Å². The van der Waals surface area contributed by atoms with Crippen molar-refractivity contribution in [3.63, 3.8) is 0 Å². The van der Waals surface area contributed by atoms with Gasteiger partial charge in [0.25, 0.3) is 0 Å². The van der Waals surface area contributed by atoms with Crippen LogP contribution in [0.5, 0.6) is 0 Å². The van der Waals surface area contributed by atoms with Gasteiger partial charge in [0.2, 0.25) is 0 Å². The van der Waals surface area contributed by atoms with E-state index in [9.17, 15) is 0 Å². The first-order valence-electron chi connectivity index (χ1n) is 4.75. The SMILES string of the molecule is N#CC1=C[C@H]2C=C[C@@H]3C[C@H](Cl)[C@@H]1[C@H]23. The number of rotatable bonds is 0. The smallest absolute Gasteiger partial charge is 0.0947 e. The molecule has 0 unspecified atom stereocenters. The molecule has 0 amide bonds. The molecule has 0 aromatic rings. The lowest BCUT2D eigenvalue weighted by Gasteiger charge is -2.16. The second-order valence-electron chi connectivity index (χ2n) is 4.21. The molecule has 2 heteroatoms. The molecule has 1 fully saturated rings. The Morgan fingerprint density at radius 1 is 1.46 bits per heavy atom. The number of nitrogens with zero attached hydrogens (tertiary/aromatic N) is 1. The summed E-state index contributed by atoms with van der Waals surface area (Å²) in [7, 11) is 0. The third-order valence-electron chi connectivity index (χ3n) is 3.68. The Bertz CT molecular complexity index is 350. The predicted octanol–water partition coefficient (Wildman–Crippen LogP) is 2.50. The Kier molecular flexibility index (Phi) is 1.41. The lowest BCUT2D eigenvalue weighted by Crippen LogP contribution is -2.15. The van der Waals surface area contributed by atoms with E-state index in [4.69, 9.17) is 16.9 Å². The normalized spacial score (nSPS) is 50.5. The van der Waals surface area contributed by atoms with Crippen LogP contribution in [0.4, 0.5) is 0 Å². The van der Waals surface area contributed by atoms with E-state index in [1.54, 1.807) is 0 Å². The van der Waals surface area contributed by atoms with Crippen molar-refractivity contribution in [1.29, 1.82) is 5.26 Å². The molecule has 3 aliphatic rings. The number of allylic oxidation sites excluding steroid dienone is 4. The van der Waals surface area contributed by atoms with Gasteiger partial charge in [-0.15, -0.1) is 11.6 Å². The van der Waals surface area contributed by atoms with Crippen LogP contribution in [0, 0.1) is 35.0 Å². The summed E-state index contributed by atoms with van der Waals surface area (Å²) in [6.45, 7) is 0. The number of alkyl halides is 1. The summed E-state index contributed by atoms with van der Waals surface area (Å²) < 4.78 is 0. The molecule has 0 N–H and O–H groups in total. The van der Waals surface area contributed by atoms with Crippen LogP contribution in [0.3, 0.4) is 0 Å². The fraction of sp³-hybridized carbons (Fsp3) is 0.545. The van der Waals surface area contributed by atoms with Gasteiger partial charge in [-0.05, 0) is 18.3 Å². The van der Waals surface area contributed by atoms with Gasteiger partial charge in [-0.2, -0.15) is 5.26 Å². The zero-order chi connectivity index (χ0) is 9.00. The van der Waals surface area contributed by atoms with Gasteiger partial charge in [-0.3, -0.25) is 0 Å². The van der Waals surface area contributed by atoms with Gasteiger partial charge in [0.05, 0.1) is 6.07 Å². The van der Waals surface area contributed by atoms with Crippen molar-refractivity contribution < 1.29 is 0 Å². The van der Waals surface area contributed by atoms with E-state index >= 15 is 0 Å². The molecule has 0 heterocycles. The summed E-state index contributed by atoms with van der Waals surface area (Å²) in [4.78, 5) is 0. The second kappa shape index (κ2) is 2.39. The first kappa shape index (κ1) is 7.64. The Balaban J connectivity index is 2.07. The van der Waals surface area contributed by atoms with E-state index < -0.39 is 0 Å². The molecule has 0 radical (unpaired) electrons. The Hall–Kier alpha value is -0.740. The zero-order valence-corrected chi connectivity index (χ0v) is 7.91. The van der Waals surface area contributed by atoms with Gasteiger partial charge in [-0.25, -0.2) is 0 Å². The topological polar surface area (TPSA) is 23.8 Å². The predicted molar refractivity (Wildman–Crippen MR) is 51.1 cm³/mol. The standard InChI is InChI=1S/C11H10ClN/c12-9-4-7-2-1-6-3-8(5-13)11(9)10(6)7/h1-3,6-7,9-11H,4H2/t6-,7-,9+,10-,11-/m1/s1. The fourth-order valence-corrected chi connectivity index (χ4v) is 3.71.